The normalized spacial score (nSPS) is 15.8. The average Bonchev–Trinajstić information content (AvgIpc) is 3.33. The van der Waals surface area contributed by atoms with Crippen LogP contribution in [0.15, 0.2) is 60.9 Å². The van der Waals surface area contributed by atoms with Crippen LogP contribution in [-0.4, -0.2) is 64.6 Å². The maximum atomic E-state index is 11.6. The molecule has 4 rings (SSSR count). The molecule has 1 aliphatic heterocycles. The van der Waals surface area contributed by atoms with Gasteiger partial charge in [-0.25, -0.2) is 4.98 Å². The zero-order valence-corrected chi connectivity index (χ0v) is 17.4. The molecule has 162 valence electrons. The molecule has 2 unspecified atom stereocenters. The second-order valence-corrected chi connectivity index (χ2v) is 7.79. The van der Waals surface area contributed by atoms with E-state index in [9.17, 15) is 9.90 Å². The Kier molecular flexibility index (Phi) is 7.09. The number of rotatable bonds is 10. The van der Waals surface area contributed by atoms with Gasteiger partial charge < -0.3 is 20.1 Å². The number of nitrogens with one attached hydrogen (secondary N) is 2. The number of benzene rings is 2. The van der Waals surface area contributed by atoms with Crippen LogP contribution >= 0.6 is 0 Å². The van der Waals surface area contributed by atoms with Crippen LogP contribution in [0.4, 0.5) is 0 Å². The highest BCUT2D eigenvalue weighted by Gasteiger charge is 2.19. The number of carbonyl (C=O) groups excluding carboxylic acids is 1. The molecular formula is C24H28N4O3. The van der Waals surface area contributed by atoms with E-state index >= 15 is 0 Å². The zero-order valence-electron chi connectivity index (χ0n) is 17.4. The molecule has 31 heavy (non-hydrogen) atoms. The van der Waals surface area contributed by atoms with E-state index in [1.54, 1.807) is 12.4 Å². The number of carbonyl (C=O) groups is 1. The Morgan fingerprint density at radius 3 is 2.77 bits per heavy atom. The highest BCUT2D eigenvalue weighted by molar-refractivity contribution is 5.65. The molecule has 7 nitrogen and oxygen atoms in total. The monoisotopic (exact) mass is 420 g/mol. The first-order valence-electron chi connectivity index (χ1n) is 10.6. The number of hydrogen-bond acceptors (Lipinski definition) is 6. The molecule has 7 heteroatoms. The summed E-state index contributed by atoms with van der Waals surface area (Å²) in [5.74, 6) is 1.27. The van der Waals surface area contributed by atoms with E-state index in [1.165, 1.54) is 11.1 Å². The first-order chi connectivity index (χ1) is 15.2. The molecule has 0 saturated carbocycles. The topological polar surface area (TPSA) is 90.5 Å². The molecule has 0 amide bonds. The van der Waals surface area contributed by atoms with Crippen LogP contribution in [0, 0.1) is 0 Å². The highest BCUT2D eigenvalue weighted by atomic mass is 16.5. The number of ether oxygens (including phenoxy) is 1. The number of fused-ring (bicyclic) bond motifs is 1. The number of aliphatic hydroxyl groups is 1. The van der Waals surface area contributed by atoms with E-state index in [4.69, 9.17) is 4.74 Å². The molecule has 2 heterocycles. The molecule has 1 aromatic heterocycles. The third kappa shape index (κ3) is 5.58. The summed E-state index contributed by atoms with van der Waals surface area (Å²) >= 11 is 0. The van der Waals surface area contributed by atoms with Gasteiger partial charge in [0.05, 0.1) is 11.7 Å². The summed E-state index contributed by atoms with van der Waals surface area (Å²) in [6.45, 7) is 3.10. The number of para-hydroxylation sites is 1. The number of aldehydes is 1. The van der Waals surface area contributed by atoms with Crippen LogP contribution in [0.1, 0.15) is 11.1 Å². The fourth-order valence-corrected chi connectivity index (χ4v) is 3.92. The van der Waals surface area contributed by atoms with Gasteiger partial charge in [-0.05, 0) is 29.7 Å². The number of hydrogen-bond donors (Lipinski definition) is 3. The number of nitrogens with zero attached hydrogens (tertiary/aromatic N) is 2. The maximum absolute atomic E-state index is 11.6. The molecule has 2 aromatic carbocycles. The zero-order chi connectivity index (χ0) is 21.5. The molecule has 0 aliphatic carbocycles. The highest BCUT2D eigenvalue weighted by Crippen LogP contribution is 2.27. The number of imidazole rings is 1. The molecule has 0 saturated heterocycles. The third-order valence-corrected chi connectivity index (χ3v) is 5.47. The Hall–Kier alpha value is -3.00. The molecular weight excluding hydrogens is 392 g/mol. The van der Waals surface area contributed by atoms with Crippen LogP contribution in [0.5, 0.6) is 5.75 Å². The van der Waals surface area contributed by atoms with Crippen LogP contribution in [0.2, 0.25) is 0 Å². The number of H-pyrrole nitrogens is 1. The first kappa shape index (κ1) is 21.2. The van der Waals surface area contributed by atoms with Gasteiger partial charge >= 0.3 is 0 Å². The fraction of sp³-hybridized carbons (Fsp3) is 0.333. The summed E-state index contributed by atoms with van der Waals surface area (Å²) in [7, 11) is 0. The summed E-state index contributed by atoms with van der Waals surface area (Å²) in [5, 5.41) is 13.6. The Labute approximate surface area is 182 Å². The summed E-state index contributed by atoms with van der Waals surface area (Å²) in [6.07, 6.45) is 4.02. The predicted molar refractivity (Wildman–Crippen MR) is 119 cm³/mol. The molecule has 0 spiro atoms. The lowest BCUT2D eigenvalue weighted by Gasteiger charge is -2.30. The van der Waals surface area contributed by atoms with Crippen molar-refractivity contribution in [3.8, 4) is 17.1 Å². The molecule has 3 N–H and O–H groups in total. The molecule has 2 atom stereocenters. The van der Waals surface area contributed by atoms with Crippen molar-refractivity contribution in [1.82, 2.24) is 20.2 Å². The van der Waals surface area contributed by atoms with Gasteiger partial charge in [0, 0.05) is 45.1 Å². The van der Waals surface area contributed by atoms with Crippen molar-refractivity contribution in [1.29, 1.82) is 0 Å². The summed E-state index contributed by atoms with van der Waals surface area (Å²) in [5.41, 5.74) is 3.52. The Morgan fingerprint density at radius 1 is 1.16 bits per heavy atom. The lowest BCUT2D eigenvalue weighted by Crippen LogP contribution is -2.43. The molecule has 0 fully saturated rings. The molecule has 3 aromatic rings. The number of aromatic nitrogens is 2. The van der Waals surface area contributed by atoms with Crippen molar-refractivity contribution in [2.45, 2.75) is 25.2 Å². The van der Waals surface area contributed by atoms with E-state index in [0.717, 1.165) is 31.4 Å². The van der Waals surface area contributed by atoms with Gasteiger partial charge in [-0.15, -0.1) is 0 Å². The van der Waals surface area contributed by atoms with E-state index < -0.39 is 12.2 Å². The quantitative estimate of drug-likeness (QED) is 0.435. The Balaban J connectivity index is 1.25. The van der Waals surface area contributed by atoms with Gasteiger partial charge in [-0.3, -0.25) is 9.69 Å². The Bertz CT molecular complexity index is 976. The van der Waals surface area contributed by atoms with Crippen LogP contribution < -0.4 is 10.1 Å². The van der Waals surface area contributed by atoms with Crippen LogP contribution in [0.3, 0.4) is 0 Å². The van der Waals surface area contributed by atoms with Gasteiger partial charge in [-0.2, -0.15) is 0 Å². The molecule has 0 bridgehead atoms. The minimum Gasteiger partial charge on any atom is -0.481 e. The third-order valence-electron chi connectivity index (χ3n) is 5.47. The average molecular weight is 421 g/mol. The predicted octanol–water partition coefficient (Wildman–Crippen LogP) is 2.03. The van der Waals surface area contributed by atoms with E-state index in [1.807, 2.05) is 24.3 Å². The summed E-state index contributed by atoms with van der Waals surface area (Å²) in [4.78, 5) is 21.1. The van der Waals surface area contributed by atoms with E-state index in [0.29, 0.717) is 31.2 Å². The standard InChI is InChI=1S/C24H28N4O3/c29-17-21(31-23-8-4-3-7-22(23)24-26-10-11-27-24)14-25-13-20(30)16-28-12-9-18-5-1-2-6-19(18)15-28/h1-8,10-11,17,20-21,25,30H,9,12-16H2,(H,26,27). The van der Waals surface area contributed by atoms with Crippen LogP contribution in [0.25, 0.3) is 11.4 Å². The summed E-state index contributed by atoms with van der Waals surface area (Å²) < 4.78 is 5.91. The smallest absolute Gasteiger partial charge is 0.166 e. The van der Waals surface area contributed by atoms with E-state index in [-0.39, 0.29) is 0 Å². The largest absolute Gasteiger partial charge is 0.481 e. The number of β-amino-alcohol motifs (C(OH)–C–C–N with tert-alkyl or cyclic N) is 1. The van der Waals surface area contributed by atoms with Crippen LogP contribution in [-0.2, 0) is 17.8 Å². The number of aliphatic hydroxyl groups excluding tert-OH is 1. The molecule has 1 aliphatic rings. The van der Waals surface area contributed by atoms with Crippen molar-refractivity contribution in [2.75, 3.05) is 26.2 Å². The first-order valence-corrected chi connectivity index (χ1v) is 10.6. The van der Waals surface area contributed by atoms with Gasteiger partial charge in [0.1, 0.15) is 11.6 Å². The van der Waals surface area contributed by atoms with Gasteiger partial charge in [0.15, 0.2) is 12.4 Å². The van der Waals surface area contributed by atoms with Crippen molar-refractivity contribution >= 4 is 6.29 Å². The summed E-state index contributed by atoms with van der Waals surface area (Å²) in [6, 6.07) is 15.9. The van der Waals surface area contributed by atoms with Crippen molar-refractivity contribution < 1.29 is 14.6 Å². The van der Waals surface area contributed by atoms with Gasteiger partial charge in [-0.1, -0.05) is 36.4 Å². The van der Waals surface area contributed by atoms with Crippen molar-refractivity contribution in [2.24, 2.45) is 0 Å². The maximum Gasteiger partial charge on any atom is 0.166 e. The van der Waals surface area contributed by atoms with Gasteiger partial charge in [0.25, 0.3) is 0 Å². The fourth-order valence-electron chi connectivity index (χ4n) is 3.92. The van der Waals surface area contributed by atoms with Crippen molar-refractivity contribution in [3.63, 3.8) is 0 Å². The lowest BCUT2D eigenvalue weighted by molar-refractivity contribution is -0.113. The second kappa shape index (κ2) is 10.3. The minimum absolute atomic E-state index is 0.315. The van der Waals surface area contributed by atoms with E-state index in [2.05, 4.69) is 44.5 Å². The lowest BCUT2D eigenvalue weighted by atomic mass is 10.00. The SMILES string of the molecule is O=CC(CNCC(O)CN1CCc2ccccc2C1)Oc1ccccc1-c1ncc[nH]1. The minimum atomic E-state index is -0.662. The van der Waals surface area contributed by atoms with Gasteiger partial charge in [0.2, 0.25) is 0 Å². The van der Waals surface area contributed by atoms with Crippen molar-refractivity contribution in [3.05, 3.63) is 72.1 Å². The second-order valence-electron chi connectivity index (χ2n) is 7.79. The Morgan fingerprint density at radius 2 is 1.97 bits per heavy atom. The molecule has 0 radical (unpaired) electrons. The number of aromatic amines is 1.